The number of amidine groups is 1. The maximum atomic E-state index is 12.5. The van der Waals surface area contributed by atoms with E-state index in [2.05, 4.69) is 15.2 Å². The second-order valence-corrected chi connectivity index (χ2v) is 7.63. The number of hydrogen-bond acceptors (Lipinski definition) is 5. The van der Waals surface area contributed by atoms with Gasteiger partial charge in [0.2, 0.25) is 11.8 Å². The number of anilines is 1. The fourth-order valence-corrected chi connectivity index (χ4v) is 4.60. The Morgan fingerprint density at radius 3 is 3.12 bits per heavy atom. The molecule has 1 N–H and O–H groups in total. The predicted octanol–water partition coefficient (Wildman–Crippen LogP) is 2.29. The monoisotopic (exact) mass is 370 g/mol. The minimum Gasteiger partial charge on any atom is -0.355 e. The van der Waals surface area contributed by atoms with Crippen LogP contribution in [-0.2, 0) is 9.59 Å². The summed E-state index contributed by atoms with van der Waals surface area (Å²) in [5, 5.41) is 6.06. The molecule has 0 saturated carbocycles. The van der Waals surface area contributed by atoms with Crippen molar-refractivity contribution >= 4 is 34.4 Å². The van der Waals surface area contributed by atoms with Crippen LogP contribution in [0.5, 0.6) is 0 Å². The number of nitrogens with zero attached hydrogens (tertiary/aromatic N) is 3. The van der Waals surface area contributed by atoms with Gasteiger partial charge in [-0.15, -0.1) is 0 Å². The van der Waals surface area contributed by atoms with Crippen molar-refractivity contribution in [1.29, 1.82) is 0 Å². The van der Waals surface area contributed by atoms with Gasteiger partial charge in [-0.25, -0.2) is 0 Å². The van der Waals surface area contributed by atoms with Gasteiger partial charge in [-0.2, -0.15) is 0 Å². The van der Waals surface area contributed by atoms with E-state index in [9.17, 15) is 9.59 Å². The van der Waals surface area contributed by atoms with Crippen molar-refractivity contribution in [2.75, 3.05) is 31.6 Å². The average molecular weight is 370 g/mol. The summed E-state index contributed by atoms with van der Waals surface area (Å²) in [7, 11) is 1.80. The molecule has 3 aliphatic rings. The zero-order chi connectivity index (χ0) is 18.1. The van der Waals surface area contributed by atoms with Crippen molar-refractivity contribution in [2.24, 2.45) is 4.99 Å². The van der Waals surface area contributed by atoms with Crippen molar-refractivity contribution in [3.8, 4) is 0 Å². The van der Waals surface area contributed by atoms with Gasteiger partial charge < -0.3 is 15.1 Å². The number of nitrogens with one attached hydrogen (secondary N) is 1. The molecule has 0 saturated heterocycles. The third kappa shape index (κ3) is 3.23. The molecule has 0 spiro atoms. The first kappa shape index (κ1) is 17.1. The Balaban J connectivity index is 1.38. The second-order valence-electron chi connectivity index (χ2n) is 6.79. The molecule has 2 amide bonds. The highest BCUT2D eigenvalue weighted by Crippen LogP contribution is 2.35. The zero-order valence-electron chi connectivity index (χ0n) is 14.8. The number of carbonyl (C=O) groups is 2. The van der Waals surface area contributed by atoms with Gasteiger partial charge in [0.05, 0.1) is 6.42 Å². The molecular formula is C19H22N4O2S. The summed E-state index contributed by atoms with van der Waals surface area (Å²) < 4.78 is 0. The van der Waals surface area contributed by atoms with Gasteiger partial charge in [-0.3, -0.25) is 14.6 Å². The first-order valence-corrected chi connectivity index (χ1v) is 9.81. The molecule has 1 atom stereocenters. The SMILES string of the molecule is CN1C(=O)C[C@H](CNC(=O)CC2=CSC3=NCCCN23)c2ccccc21. The van der Waals surface area contributed by atoms with Crippen LogP contribution in [0.4, 0.5) is 5.69 Å². The van der Waals surface area contributed by atoms with E-state index in [1.54, 1.807) is 23.7 Å². The normalized spacial score (nSPS) is 21.7. The van der Waals surface area contributed by atoms with Crippen LogP contribution >= 0.6 is 11.8 Å². The van der Waals surface area contributed by atoms with Crippen LogP contribution < -0.4 is 10.2 Å². The van der Waals surface area contributed by atoms with E-state index in [0.29, 0.717) is 19.4 Å². The smallest absolute Gasteiger partial charge is 0.227 e. The molecule has 1 aromatic carbocycles. The maximum absolute atomic E-state index is 12.5. The standard InChI is InChI=1S/C19H22N4O2S/c1-22-16-6-3-2-5-15(16)13(9-18(22)25)11-21-17(24)10-14-12-26-19-20-7-4-8-23(14)19/h2-3,5-6,12-13H,4,7-11H2,1H3,(H,21,24)/t13-/m1/s1. The van der Waals surface area contributed by atoms with Crippen LogP contribution in [-0.4, -0.2) is 48.6 Å². The molecule has 6 nitrogen and oxygen atoms in total. The average Bonchev–Trinajstić information content (AvgIpc) is 3.06. The van der Waals surface area contributed by atoms with Gasteiger partial charge in [0.25, 0.3) is 0 Å². The molecule has 0 unspecified atom stereocenters. The fourth-order valence-electron chi connectivity index (χ4n) is 3.65. The van der Waals surface area contributed by atoms with Crippen LogP contribution in [0.25, 0.3) is 0 Å². The number of para-hydroxylation sites is 1. The molecule has 0 aromatic heterocycles. The van der Waals surface area contributed by atoms with Crippen molar-refractivity contribution < 1.29 is 9.59 Å². The van der Waals surface area contributed by atoms with Gasteiger partial charge in [-0.1, -0.05) is 30.0 Å². The summed E-state index contributed by atoms with van der Waals surface area (Å²) in [5.74, 6) is 0.109. The van der Waals surface area contributed by atoms with E-state index in [4.69, 9.17) is 0 Å². The molecule has 1 aromatic rings. The summed E-state index contributed by atoms with van der Waals surface area (Å²) in [6.45, 7) is 2.29. The highest BCUT2D eigenvalue weighted by atomic mass is 32.2. The molecule has 0 fully saturated rings. The van der Waals surface area contributed by atoms with Gasteiger partial charge in [0.15, 0.2) is 5.17 Å². The lowest BCUT2D eigenvalue weighted by molar-refractivity contribution is -0.122. The summed E-state index contributed by atoms with van der Waals surface area (Å²) in [4.78, 5) is 33.0. The Kier molecular flexibility index (Phi) is 4.72. The van der Waals surface area contributed by atoms with Crippen molar-refractivity contribution in [3.05, 3.63) is 40.9 Å². The van der Waals surface area contributed by atoms with E-state index in [0.717, 1.165) is 41.6 Å². The highest BCUT2D eigenvalue weighted by Gasteiger charge is 2.30. The van der Waals surface area contributed by atoms with Crippen LogP contribution in [0, 0.1) is 0 Å². The van der Waals surface area contributed by atoms with Crippen molar-refractivity contribution in [2.45, 2.75) is 25.2 Å². The maximum Gasteiger partial charge on any atom is 0.227 e. The van der Waals surface area contributed by atoms with E-state index in [1.165, 1.54) is 0 Å². The first-order chi connectivity index (χ1) is 12.6. The summed E-state index contributed by atoms with van der Waals surface area (Å²) in [5.41, 5.74) is 3.08. The molecule has 3 aliphatic heterocycles. The minimum atomic E-state index is -0.00692. The quantitative estimate of drug-likeness (QED) is 0.883. The van der Waals surface area contributed by atoms with Crippen molar-refractivity contribution in [1.82, 2.24) is 10.2 Å². The van der Waals surface area contributed by atoms with Crippen molar-refractivity contribution in [3.63, 3.8) is 0 Å². The topological polar surface area (TPSA) is 65.0 Å². The van der Waals surface area contributed by atoms with Gasteiger partial charge in [0, 0.05) is 50.4 Å². The Bertz CT molecular complexity index is 804. The highest BCUT2D eigenvalue weighted by molar-refractivity contribution is 8.16. The lowest BCUT2D eigenvalue weighted by Gasteiger charge is -2.31. The zero-order valence-corrected chi connectivity index (χ0v) is 15.6. The van der Waals surface area contributed by atoms with Crippen LogP contribution in [0.1, 0.15) is 30.7 Å². The van der Waals surface area contributed by atoms with Crippen LogP contribution in [0.3, 0.4) is 0 Å². The molecular weight excluding hydrogens is 348 g/mol. The number of fused-ring (bicyclic) bond motifs is 2. The fraction of sp³-hybridized carbons (Fsp3) is 0.421. The molecule has 0 radical (unpaired) electrons. The molecule has 7 heteroatoms. The number of amides is 2. The first-order valence-electron chi connectivity index (χ1n) is 8.93. The number of rotatable bonds is 4. The molecule has 3 heterocycles. The lowest BCUT2D eigenvalue weighted by atomic mass is 9.89. The molecule has 0 aliphatic carbocycles. The van der Waals surface area contributed by atoms with Gasteiger partial charge >= 0.3 is 0 Å². The third-order valence-electron chi connectivity index (χ3n) is 5.09. The number of hydrogen-bond donors (Lipinski definition) is 1. The van der Waals surface area contributed by atoms with Gasteiger partial charge in [-0.05, 0) is 23.5 Å². The summed E-state index contributed by atoms with van der Waals surface area (Å²) >= 11 is 1.60. The Morgan fingerprint density at radius 1 is 1.38 bits per heavy atom. The molecule has 26 heavy (non-hydrogen) atoms. The van der Waals surface area contributed by atoms with E-state index >= 15 is 0 Å². The predicted molar refractivity (Wildman–Crippen MR) is 104 cm³/mol. The molecule has 0 bridgehead atoms. The third-order valence-corrected chi connectivity index (χ3v) is 6.04. The lowest BCUT2D eigenvalue weighted by Crippen LogP contribution is -2.38. The summed E-state index contributed by atoms with van der Waals surface area (Å²) in [6, 6.07) is 7.92. The molecule has 4 rings (SSSR count). The van der Waals surface area contributed by atoms with E-state index in [1.807, 2.05) is 29.7 Å². The van der Waals surface area contributed by atoms with E-state index < -0.39 is 0 Å². The number of benzene rings is 1. The Hall–Kier alpha value is -2.28. The number of carbonyl (C=O) groups excluding carboxylic acids is 2. The summed E-state index contributed by atoms with van der Waals surface area (Å²) in [6.07, 6.45) is 1.81. The number of thioether (sulfide) groups is 1. The largest absolute Gasteiger partial charge is 0.355 e. The van der Waals surface area contributed by atoms with Crippen LogP contribution in [0.2, 0.25) is 0 Å². The van der Waals surface area contributed by atoms with Gasteiger partial charge in [0.1, 0.15) is 0 Å². The Morgan fingerprint density at radius 2 is 2.23 bits per heavy atom. The molecule has 136 valence electrons. The second kappa shape index (κ2) is 7.15. The Labute approximate surface area is 157 Å². The van der Waals surface area contributed by atoms with E-state index in [-0.39, 0.29) is 17.7 Å². The number of aliphatic imine (C=N–C) groups is 1. The van der Waals surface area contributed by atoms with Crippen LogP contribution in [0.15, 0.2) is 40.4 Å². The minimum absolute atomic E-state index is 0.00692.